The van der Waals surface area contributed by atoms with E-state index in [-0.39, 0.29) is 17.3 Å². The highest BCUT2D eigenvalue weighted by atomic mass is 32.2. The van der Waals surface area contributed by atoms with Gasteiger partial charge in [-0.25, -0.2) is 13.1 Å². The van der Waals surface area contributed by atoms with Crippen molar-refractivity contribution in [2.24, 2.45) is 0 Å². The summed E-state index contributed by atoms with van der Waals surface area (Å²) in [5.41, 5.74) is 1.43. The Morgan fingerprint density at radius 3 is 2.49 bits per heavy atom. The number of hydrogen-bond donors (Lipinski definition) is 1. The maximum atomic E-state index is 13.4. The highest BCUT2D eigenvalue weighted by Gasteiger charge is 2.20. The maximum Gasteiger partial charge on any atom is 0.254 e. The number of carbonyl (C=O) groups excluding carboxylic acids is 1. The Bertz CT molecular complexity index is 1160. The fraction of sp³-hybridized carbons (Fsp3) is 0.360. The van der Waals surface area contributed by atoms with Crippen molar-refractivity contribution in [2.45, 2.75) is 24.4 Å². The van der Waals surface area contributed by atoms with E-state index in [4.69, 9.17) is 9.15 Å². The van der Waals surface area contributed by atoms with Crippen molar-refractivity contribution in [2.75, 3.05) is 39.4 Å². The van der Waals surface area contributed by atoms with E-state index in [9.17, 15) is 13.2 Å². The second-order valence-electron chi connectivity index (χ2n) is 8.32. The maximum absolute atomic E-state index is 13.4. The fourth-order valence-corrected chi connectivity index (χ4v) is 4.89. The third-order valence-corrected chi connectivity index (χ3v) is 7.26. The van der Waals surface area contributed by atoms with E-state index in [0.29, 0.717) is 24.4 Å². The first-order valence-electron chi connectivity index (χ1n) is 11.6. The SMILES string of the molecule is O=C(c1ccc(S(=O)(=O)NCc2ccco2)cc1)N(CCCN1CCOCC1)Cc1ccncc1. The number of nitrogens with one attached hydrogen (secondary N) is 1. The van der Waals surface area contributed by atoms with Crippen LogP contribution in [0.1, 0.15) is 28.1 Å². The van der Waals surface area contributed by atoms with Gasteiger partial charge in [0.15, 0.2) is 0 Å². The van der Waals surface area contributed by atoms with E-state index >= 15 is 0 Å². The van der Waals surface area contributed by atoms with Crippen LogP contribution < -0.4 is 4.72 Å². The summed E-state index contributed by atoms with van der Waals surface area (Å²) in [4.78, 5) is 21.7. The van der Waals surface area contributed by atoms with Crippen LogP contribution in [0.3, 0.4) is 0 Å². The monoisotopic (exact) mass is 498 g/mol. The molecule has 1 amide bonds. The van der Waals surface area contributed by atoms with Crippen LogP contribution in [0.5, 0.6) is 0 Å². The number of aromatic nitrogens is 1. The first kappa shape index (κ1) is 25.1. The van der Waals surface area contributed by atoms with Gasteiger partial charge in [0.25, 0.3) is 5.91 Å². The molecule has 1 saturated heterocycles. The molecular weight excluding hydrogens is 468 g/mol. The van der Waals surface area contributed by atoms with Gasteiger partial charge in [0, 0.05) is 50.7 Å². The molecule has 0 unspecified atom stereocenters. The summed E-state index contributed by atoms with van der Waals surface area (Å²) in [5.74, 6) is 0.375. The lowest BCUT2D eigenvalue weighted by molar-refractivity contribution is 0.0355. The summed E-state index contributed by atoms with van der Waals surface area (Å²) in [5, 5.41) is 0. The van der Waals surface area contributed by atoms with Crippen molar-refractivity contribution in [3.8, 4) is 0 Å². The van der Waals surface area contributed by atoms with Crippen molar-refractivity contribution >= 4 is 15.9 Å². The van der Waals surface area contributed by atoms with Gasteiger partial charge in [0.1, 0.15) is 5.76 Å². The van der Waals surface area contributed by atoms with E-state index < -0.39 is 10.0 Å². The summed E-state index contributed by atoms with van der Waals surface area (Å²) in [6.07, 6.45) is 5.74. The fourth-order valence-electron chi connectivity index (χ4n) is 3.89. The van der Waals surface area contributed by atoms with Crippen molar-refractivity contribution in [3.05, 3.63) is 84.1 Å². The Morgan fingerprint density at radius 2 is 1.80 bits per heavy atom. The first-order chi connectivity index (χ1) is 17.0. The average molecular weight is 499 g/mol. The molecule has 3 aromatic rings. The van der Waals surface area contributed by atoms with Crippen molar-refractivity contribution in [1.82, 2.24) is 19.5 Å². The molecule has 3 heterocycles. The van der Waals surface area contributed by atoms with Gasteiger partial charge >= 0.3 is 0 Å². The minimum Gasteiger partial charge on any atom is -0.468 e. The Morgan fingerprint density at radius 1 is 1.06 bits per heavy atom. The standard InChI is InChI=1S/C25H30N4O5S/c30-25(22-4-6-24(7-5-22)35(31,32)27-19-23-3-1-16-34-23)29(20-21-8-10-26-11-9-21)13-2-12-28-14-17-33-18-15-28/h1,3-11,16,27H,2,12-15,17-20H2. The van der Waals surface area contributed by atoms with Gasteiger partial charge in [0.05, 0.1) is 30.9 Å². The van der Waals surface area contributed by atoms with Crippen molar-refractivity contribution in [1.29, 1.82) is 0 Å². The summed E-state index contributed by atoms with van der Waals surface area (Å²) in [6.45, 7) is 5.28. The van der Waals surface area contributed by atoms with E-state index in [1.807, 2.05) is 12.1 Å². The molecule has 10 heteroatoms. The quantitative estimate of drug-likeness (QED) is 0.433. The van der Waals surface area contributed by atoms with Crippen LogP contribution in [-0.4, -0.2) is 68.5 Å². The van der Waals surface area contributed by atoms with Crippen LogP contribution >= 0.6 is 0 Å². The van der Waals surface area contributed by atoms with Crippen LogP contribution in [0, 0.1) is 0 Å². The number of rotatable bonds is 11. The molecule has 1 N–H and O–H groups in total. The largest absolute Gasteiger partial charge is 0.468 e. The van der Waals surface area contributed by atoms with Crippen molar-refractivity contribution in [3.63, 3.8) is 0 Å². The van der Waals surface area contributed by atoms with E-state index in [1.165, 1.54) is 18.4 Å². The molecule has 0 bridgehead atoms. The molecule has 1 aliphatic rings. The van der Waals surface area contributed by atoms with Gasteiger partial charge in [-0.3, -0.25) is 14.7 Å². The number of furan rings is 1. The van der Waals surface area contributed by atoms with Crippen LogP contribution in [0.25, 0.3) is 0 Å². The number of amides is 1. The number of pyridine rings is 1. The van der Waals surface area contributed by atoms with Gasteiger partial charge in [-0.1, -0.05) is 0 Å². The molecule has 0 saturated carbocycles. The summed E-state index contributed by atoms with van der Waals surface area (Å²) < 4.78 is 38.3. The molecule has 4 rings (SSSR count). The molecule has 186 valence electrons. The number of morpholine rings is 1. The van der Waals surface area contributed by atoms with E-state index in [1.54, 1.807) is 41.6 Å². The summed E-state index contributed by atoms with van der Waals surface area (Å²) >= 11 is 0. The zero-order valence-corrected chi connectivity index (χ0v) is 20.3. The van der Waals surface area contributed by atoms with Crippen LogP contribution in [0.15, 0.2) is 76.5 Å². The smallest absolute Gasteiger partial charge is 0.254 e. The molecule has 1 fully saturated rings. The minimum absolute atomic E-state index is 0.0544. The summed E-state index contributed by atoms with van der Waals surface area (Å²) in [6, 6.07) is 13.2. The molecule has 1 aromatic carbocycles. The second-order valence-corrected chi connectivity index (χ2v) is 10.1. The Kier molecular flexibility index (Phi) is 8.64. The number of benzene rings is 1. The number of hydrogen-bond acceptors (Lipinski definition) is 7. The predicted molar refractivity (Wildman–Crippen MR) is 130 cm³/mol. The van der Waals surface area contributed by atoms with E-state index in [0.717, 1.165) is 44.8 Å². The lowest BCUT2D eigenvalue weighted by atomic mass is 10.1. The van der Waals surface area contributed by atoms with Crippen molar-refractivity contribution < 1.29 is 22.4 Å². The lowest BCUT2D eigenvalue weighted by Gasteiger charge is -2.28. The molecule has 2 aromatic heterocycles. The molecule has 0 aliphatic carbocycles. The van der Waals surface area contributed by atoms with Gasteiger partial charge in [-0.05, 0) is 60.5 Å². The highest BCUT2D eigenvalue weighted by Crippen LogP contribution is 2.15. The zero-order valence-electron chi connectivity index (χ0n) is 19.5. The van der Waals surface area contributed by atoms with Gasteiger partial charge < -0.3 is 14.1 Å². The molecule has 0 radical (unpaired) electrons. The normalized spacial score (nSPS) is 14.6. The van der Waals surface area contributed by atoms with Crippen LogP contribution in [0.4, 0.5) is 0 Å². The molecule has 9 nitrogen and oxygen atoms in total. The Labute approximate surface area is 205 Å². The number of carbonyl (C=O) groups is 1. The number of sulfonamides is 1. The molecule has 0 atom stereocenters. The minimum atomic E-state index is -3.73. The van der Waals surface area contributed by atoms with Gasteiger partial charge in [-0.15, -0.1) is 0 Å². The average Bonchev–Trinajstić information content (AvgIpc) is 3.42. The third kappa shape index (κ3) is 7.22. The van der Waals surface area contributed by atoms with Gasteiger partial charge in [0.2, 0.25) is 10.0 Å². The van der Waals surface area contributed by atoms with E-state index in [2.05, 4.69) is 14.6 Å². The Balaban J connectivity index is 1.41. The molecular formula is C25H30N4O5S. The van der Waals surface area contributed by atoms with Crippen LogP contribution in [0.2, 0.25) is 0 Å². The first-order valence-corrected chi connectivity index (χ1v) is 13.1. The lowest BCUT2D eigenvalue weighted by Crippen LogP contribution is -2.39. The Hall–Kier alpha value is -3.05. The molecule has 0 spiro atoms. The second kappa shape index (κ2) is 12.1. The van der Waals surface area contributed by atoms with Crippen LogP contribution in [-0.2, 0) is 27.8 Å². The highest BCUT2D eigenvalue weighted by molar-refractivity contribution is 7.89. The number of ether oxygens (including phenoxy) is 1. The predicted octanol–water partition coefficient (Wildman–Crippen LogP) is 2.52. The summed E-state index contributed by atoms with van der Waals surface area (Å²) in [7, 11) is -3.73. The zero-order chi connectivity index (χ0) is 24.5. The van der Waals surface area contributed by atoms with Gasteiger partial charge in [-0.2, -0.15) is 0 Å². The molecule has 1 aliphatic heterocycles. The number of nitrogens with zero attached hydrogens (tertiary/aromatic N) is 3. The topological polar surface area (TPSA) is 105 Å². The molecule has 35 heavy (non-hydrogen) atoms. The third-order valence-electron chi connectivity index (χ3n) is 5.84.